The fourth-order valence-corrected chi connectivity index (χ4v) is 1.55. The van der Waals surface area contributed by atoms with E-state index in [9.17, 15) is 4.79 Å². The zero-order chi connectivity index (χ0) is 12.2. The molecular weight excluding hydrogens is 200 g/mol. The predicted molar refractivity (Wildman–Crippen MR) is 68.4 cm³/mol. The van der Waals surface area contributed by atoms with Gasteiger partial charge in [-0.25, -0.2) is 4.79 Å². The Morgan fingerprint density at radius 1 is 1.00 bits per heavy atom. The fraction of sp³-hybridized carbons (Fsp3) is 0.786. The lowest BCUT2D eigenvalue weighted by molar-refractivity contribution is -0.139. The molecule has 0 aromatic carbocycles. The first-order valence-electron chi connectivity index (χ1n) is 6.57. The number of hydrogen-bond acceptors (Lipinski definition) is 2. The van der Waals surface area contributed by atoms with Gasteiger partial charge in [0.15, 0.2) is 0 Å². The number of carbonyl (C=O) groups excluding carboxylic acids is 1. The second-order valence-corrected chi connectivity index (χ2v) is 4.26. The summed E-state index contributed by atoms with van der Waals surface area (Å²) < 4.78 is 5.12. The van der Waals surface area contributed by atoms with Crippen LogP contribution in [-0.2, 0) is 9.53 Å². The van der Waals surface area contributed by atoms with Crippen molar-refractivity contribution in [1.82, 2.24) is 0 Å². The Kier molecular flexibility index (Phi) is 10.2. The lowest BCUT2D eigenvalue weighted by Gasteiger charge is -2.06. The van der Waals surface area contributed by atoms with E-state index in [0.717, 1.165) is 25.7 Å². The third-order valence-corrected chi connectivity index (χ3v) is 2.57. The molecule has 0 aliphatic carbocycles. The molecule has 0 aromatic heterocycles. The molecule has 94 valence electrons. The summed E-state index contributed by atoms with van der Waals surface area (Å²) in [5, 5.41) is 0. The maximum Gasteiger partial charge on any atom is 0.333 e. The third-order valence-electron chi connectivity index (χ3n) is 2.57. The molecule has 0 saturated heterocycles. The fourth-order valence-electron chi connectivity index (χ4n) is 1.55. The number of esters is 1. The van der Waals surface area contributed by atoms with Crippen molar-refractivity contribution in [3.63, 3.8) is 0 Å². The molecule has 0 spiro atoms. The quantitative estimate of drug-likeness (QED) is 0.316. The molecule has 16 heavy (non-hydrogen) atoms. The van der Waals surface area contributed by atoms with Crippen molar-refractivity contribution >= 4 is 5.97 Å². The normalized spacial score (nSPS) is 10.1. The first kappa shape index (κ1) is 15.2. The van der Waals surface area contributed by atoms with Crippen LogP contribution in [0.15, 0.2) is 12.2 Å². The smallest absolute Gasteiger partial charge is 0.333 e. The number of rotatable bonds is 10. The molecule has 0 N–H and O–H groups in total. The molecule has 0 aliphatic rings. The lowest BCUT2D eigenvalue weighted by atomic mass is 10.1. The SMILES string of the molecule is C=C(CCC)C(=O)OCCCCCCCC. The van der Waals surface area contributed by atoms with Crippen molar-refractivity contribution in [3.8, 4) is 0 Å². The van der Waals surface area contributed by atoms with Crippen LogP contribution in [0.4, 0.5) is 0 Å². The van der Waals surface area contributed by atoms with Crippen molar-refractivity contribution < 1.29 is 9.53 Å². The Hall–Kier alpha value is -0.790. The molecule has 0 amide bonds. The zero-order valence-corrected chi connectivity index (χ0v) is 10.9. The molecule has 0 heterocycles. The summed E-state index contributed by atoms with van der Waals surface area (Å²) in [5.41, 5.74) is 0.605. The van der Waals surface area contributed by atoms with Gasteiger partial charge >= 0.3 is 5.97 Å². The minimum Gasteiger partial charge on any atom is -0.462 e. The van der Waals surface area contributed by atoms with Gasteiger partial charge in [0.1, 0.15) is 0 Å². The van der Waals surface area contributed by atoms with Gasteiger partial charge in [0, 0.05) is 5.57 Å². The van der Waals surface area contributed by atoms with E-state index >= 15 is 0 Å². The van der Waals surface area contributed by atoms with Crippen LogP contribution in [0.25, 0.3) is 0 Å². The van der Waals surface area contributed by atoms with Crippen LogP contribution in [0.5, 0.6) is 0 Å². The van der Waals surface area contributed by atoms with E-state index in [2.05, 4.69) is 13.5 Å². The van der Waals surface area contributed by atoms with E-state index in [-0.39, 0.29) is 5.97 Å². The molecule has 0 fully saturated rings. The molecule has 0 aromatic rings. The Bertz CT molecular complexity index is 197. The largest absolute Gasteiger partial charge is 0.462 e. The zero-order valence-electron chi connectivity index (χ0n) is 10.9. The van der Waals surface area contributed by atoms with E-state index in [4.69, 9.17) is 4.74 Å². The summed E-state index contributed by atoms with van der Waals surface area (Å²) in [4.78, 5) is 11.3. The van der Waals surface area contributed by atoms with E-state index in [1.165, 1.54) is 25.7 Å². The van der Waals surface area contributed by atoms with E-state index in [0.29, 0.717) is 12.2 Å². The number of hydrogen-bond donors (Lipinski definition) is 0. The number of carbonyl (C=O) groups is 1. The highest BCUT2D eigenvalue weighted by Gasteiger charge is 2.06. The third kappa shape index (κ3) is 8.51. The maximum absolute atomic E-state index is 11.3. The van der Waals surface area contributed by atoms with Gasteiger partial charge in [0.05, 0.1) is 6.61 Å². The summed E-state index contributed by atoms with van der Waals surface area (Å²) in [7, 11) is 0. The van der Waals surface area contributed by atoms with Gasteiger partial charge in [-0.3, -0.25) is 0 Å². The van der Waals surface area contributed by atoms with Gasteiger partial charge in [-0.05, 0) is 12.8 Å². The van der Waals surface area contributed by atoms with Crippen LogP contribution in [0, 0.1) is 0 Å². The second-order valence-electron chi connectivity index (χ2n) is 4.26. The summed E-state index contributed by atoms with van der Waals surface area (Å²) in [6, 6.07) is 0. The van der Waals surface area contributed by atoms with Gasteiger partial charge < -0.3 is 4.74 Å². The average molecular weight is 226 g/mol. The standard InChI is InChI=1S/C14H26O2/c1-4-6-7-8-9-10-12-16-14(15)13(3)11-5-2/h3-12H2,1-2H3. The topological polar surface area (TPSA) is 26.3 Å². The summed E-state index contributed by atoms with van der Waals surface area (Å²) in [5.74, 6) is -0.213. The molecule has 0 radical (unpaired) electrons. The summed E-state index contributed by atoms with van der Waals surface area (Å²) in [6.45, 7) is 8.50. The molecule has 0 atom stereocenters. The molecule has 0 saturated carbocycles. The minimum absolute atomic E-state index is 0.213. The molecule has 0 rings (SSSR count). The van der Waals surface area contributed by atoms with E-state index in [1.54, 1.807) is 0 Å². The van der Waals surface area contributed by atoms with E-state index in [1.807, 2.05) is 6.92 Å². The van der Waals surface area contributed by atoms with Crippen LogP contribution in [0.1, 0.15) is 65.2 Å². The molecule has 2 nitrogen and oxygen atoms in total. The Balaban J connectivity index is 3.31. The van der Waals surface area contributed by atoms with Gasteiger partial charge in [-0.15, -0.1) is 0 Å². The Labute approximate surface area is 100 Å². The highest BCUT2D eigenvalue weighted by Crippen LogP contribution is 2.07. The Morgan fingerprint density at radius 2 is 1.62 bits per heavy atom. The first-order valence-corrected chi connectivity index (χ1v) is 6.57. The first-order chi connectivity index (χ1) is 7.72. The van der Waals surface area contributed by atoms with Crippen molar-refractivity contribution in [1.29, 1.82) is 0 Å². The van der Waals surface area contributed by atoms with Crippen LogP contribution in [-0.4, -0.2) is 12.6 Å². The minimum atomic E-state index is -0.213. The highest BCUT2D eigenvalue weighted by atomic mass is 16.5. The van der Waals surface area contributed by atoms with Crippen LogP contribution < -0.4 is 0 Å². The molecule has 0 unspecified atom stereocenters. The molecule has 0 bridgehead atoms. The van der Waals surface area contributed by atoms with Gasteiger partial charge in [-0.2, -0.15) is 0 Å². The van der Waals surface area contributed by atoms with Crippen LogP contribution in [0.2, 0.25) is 0 Å². The highest BCUT2D eigenvalue weighted by molar-refractivity contribution is 5.87. The monoisotopic (exact) mass is 226 g/mol. The molecule has 0 aliphatic heterocycles. The van der Waals surface area contributed by atoms with Crippen LogP contribution in [0.3, 0.4) is 0 Å². The molecular formula is C14H26O2. The van der Waals surface area contributed by atoms with Crippen molar-refractivity contribution in [2.45, 2.75) is 65.2 Å². The van der Waals surface area contributed by atoms with Gasteiger partial charge in [0.2, 0.25) is 0 Å². The van der Waals surface area contributed by atoms with Gasteiger partial charge in [0.25, 0.3) is 0 Å². The van der Waals surface area contributed by atoms with Crippen LogP contribution >= 0.6 is 0 Å². The lowest BCUT2D eigenvalue weighted by Crippen LogP contribution is -2.08. The van der Waals surface area contributed by atoms with Crippen molar-refractivity contribution in [2.24, 2.45) is 0 Å². The Morgan fingerprint density at radius 3 is 2.25 bits per heavy atom. The maximum atomic E-state index is 11.3. The number of unbranched alkanes of at least 4 members (excludes halogenated alkanes) is 5. The van der Waals surface area contributed by atoms with Crippen molar-refractivity contribution in [3.05, 3.63) is 12.2 Å². The van der Waals surface area contributed by atoms with Gasteiger partial charge in [-0.1, -0.05) is 59.0 Å². The summed E-state index contributed by atoms with van der Waals surface area (Å²) in [6.07, 6.45) is 8.97. The summed E-state index contributed by atoms with van der Waals surface area (Å²) >= 11 is 0. The van der Waals surface area contributed by atoms with Crippen molar-refractivity contribution in [2.75, 3.05) is 6.61 Å². The average Bonchev–Trinajstić information content (AvgIpc) is 2.28. The molecule has 2 heteroatoms. The number of ether oxygens (including phenoxy) is 1. The predicted octanol–water partition coefficient (Wildman–Crippen LogP) is 4.25. The van der Waals surface area contributed by atoms with E-state index < -0.39 is 0 Å². The second kappa shape index (κ2) is 10.7.